The van der Waals surface area contributed by atoms with Gasteiger partial charge in [-0.15, -0.1) is 11.3 Å². The zero-order valence-corrected chi connectivity index (χ0v) is 18.8. The molecule has 2 heterocycles. The van der Waals surface area contributed by atoms with E-state index in [-0.39, 0.29) is 18.1 Å². The molecule has 1 fully saturated rings. The number of amides is 1. The highest BCUT2D eigenvalue weighted by Crippen LogP contribution is 2.30. The predicted molar refractivity (Wildman–Crippen MR) is 126 cm³/mol. The Labute approximate surface area is 190 Å². The Hall–Kier alpha value is -2.48. The van der Waals surface area contributed by atoms with Gasteiger partial charge in [-0.2, -0.15) is 0 Å². The van der Waals surface area contributed by atoms with E-state index in [1.807, 2.05) is 17.5 Å². The van der Waals surface area contributed by atoms with Crippen LogP contribution in [-0.2, 0) is 11.2 Å². The Kier molecular flexibility index (Phi) is 6.85. The van der Waals surface area contributed by atoms with Crippen LogP contribution < -0.4 is 10.2 Å². The topological polar surface area (TPSA) is 48.5 Å². The number of carbonyl (C=O) groups is 1. The largest absolute Gasteiger partial charge is 0.367 e. The Bertz CT molecular complexity index is 1050. The lowest BCUT2D eigenvalue weighted by molar-refractivity contribution is -0.115. The van der Waals surface area contributed by atoms with E-state index >= 15 is 0 Å². The van der Waals surface area contributed by atoms with Crippen LogP contribution in [0.5, 0.6) is 0 Å². The number of benzene rings is 2. The third-order valence-electron chi connectivity index (χ3n) is 5.38. The zero-order valence-electron chi connectivity index (χ0n) is 17.3. The van der Waals surface area contributed by atoms with Crippen LogP contribution in [0.2, 0.25) is 5.02 Å². The average molecular weight is 459 g/mol. The lowest BCUT2D eigenvalue weighted by atomic mass is 10.2. The fourth-order valence-corrected chi connectivity index (χ4v) is 4.66. The van der Waals surface area contributed by atoms with Crippen molar-refractivity contribution in [1.29, 1.82) is 0 Å². The van der Waals surface area contributed by atoms with Gasteiger partial charge in [-0.25, -0.2) is 9.37 Å². The molecule has 1 N–H and O–H groups in total. The lowest BCUT2D eigenvalue weighted by Crippen LogP contribution is -2.46. The molecule has 162 valence electrons. The number of thiazole rings is 1. The molecule has 3 aromatic rings. The minimum Gasteiger partial charge on any atom is -0.367 e. The van der Waals surface area contributed by atoms with Crippen molar-refractivity contribution in [1.82, 2.24) is 9.88 Å². The van der Waals surface area contributed by atoms with Gasteiger partial charge in [0.05, 0.1) is 23.5 Å². The molecule has 0 atom stereocenters. The molecule has 1 aliphatic heterocycles. The molecule has 0 radical (unpaired) electrons. The molecule has 1 aromatic heterocycles. The van der Waals surface area contributed by atoms with Gasteiger partial charge in [-0.1, -0.05) is 18.5 Å². The van der Waals surface area contributed by atoms with E-state index in [4.69, 9.17) is 11.6 Å². The number of hydrogen-bond donors (Lipinski definition) is 1. The summed E-state index contributed by atoms with van der Waals surface area (Å²) in [5.41, 5.74) is 3.22. The normalized spacial score (nSPS) is 14.6. The monoisotopic (exact) mass is 458 g/mol. The first-order valence-electron chi connectivity index (χ1n) is 10.3. The van der Waals surface area contributed by atoms with Crippen molar-refractivity contribution in [2.24, 2.45) is 0 Å². The minimum atomic E-state index is -0.284. The van der Waals surface area contributed by atoms with Crippen LogP contribution in [0.1, 0.15) is 12.6 Å². The number of rotatable bonds is 6. The van der Waals surface area contributed by atoms with Gasteiger partial charge in [0, 0.05) is 42.1 Å². The van der Waals surface area contributed by atoms with E-state index in [1.54, 1.807) is 18.2 Å². The number of aromatic nitrogens is 1. The van der Waals surface area contributed by atoms with Gasteiger partial charge in [0.15, 0.2) is 0 Å². The lowest BCUT2D eigenvalue weighted by Gasteiger charge is -2.36. The summed E-state index contributed by atoms with van der Waals surface area (Å²) in [6, 6.07) is 11.8. The van der Waals surface area contributed by atoms with Crippen molar-refractivity contribution in [3.05, 3.63) is 64.4 Å². The molecule has 0 unspecified atom stereocenters. The quantitative estimate of drug-likeness (QED) is 0.569. The molecule has 1 aliphatic rings. The van der Waals surface area contributed by atoms with Crippen molar-refractivity contribution in [2.45, 2.75) is 13.3 Å². The van der Waals surface area contributed by atoms with Crippen molar-refractivity contribution in [2.75, 3.05) is 42.9 Å². The first-order valence-corrected chi connectivity index (χ1v) is 11.5. The van der Waals surface area contributed by atoms with Crippen LogP contribution >= 0.6 is 22.9 Å². The van der Waals surface area contributed by atoms with E-state index in [2.05, 4.69) is 27.0 Å². The smallest absolute Gasteiger partial charge is 0.230 e. The predicted octanol–water partition coefficient (Wildman–Crippen LogP) is 4.93. The summed E-state index contributed by atoms with van der Waals surface area (Å²) in [5, 5.41) is 6.22. The number of piperazine rings is 1. The standard InChI is InChI=1S/C23H24ClFN4OS/c1-2-28-9-11-29(12-10-28)21-8-5-17(24)13-20(21)27-22(30)14-19-15-31-23(26-19)16-3-6-18(25)7-4-16/h3-8,13,15H,2,9-12,14H2,1H3,(H,27,30). The van der Waals surface area contributed by atoms with Crippen LogP contribution in [-0.4, -0.2) is 48.5 Å². The average Bonchev–Trinajstić information content (AvgIpc) is 3.23. The summed E-state index contributed by atoms with van der Waals surface area (Å²) in [7, 11) is 0. The van der Waals surface area contributed by atoms with Crippen LogP contribution in [0.25, 0.3) is 10.6 Å². The van der Waals surface area contributed by atoms with E-state index in [9.17, 15) is 9.18 Å². The summed E-state index contributed by atoms with van der Waals surface area (Å²) < 4.78 is 13.1. The number of likely N-dealkylation sites (N-methyl/N-ethyl adjacent to an activating group) is 1. The van der Waals surface area contributed by atoms with Gasteiger partial charge in [0.1, 0.15) is 10.8 Å². The van der Waals surface area contributed by atoms with Crippen LogP contribution in [0.3, 0.4) is 0 Å². The summed E-state index contributed by atoms with van der Waals surface area (Å²) in [6.07, 6.45) is 0.160. The molecular formula is C23H24ClFN4OS. The van der Waals surface area contributed by atoms with Crippen molar-refractivity contribution in [3.8, 4) is 10.6 Å². The number of anilines is 2. The van der Waals surface area contributed by atoms with Gasteiger partial charge in [-0.05, 0) is 49.0 Å². The maximum atomic E-state index is 13.1. The Morgan fingerprint density at radius 3 is 2.61 bits per heavy atom. The second kappa shape index (κ2) is 9.77. The van der Waals surface area contributed by atoms with Crippen molar-refractivity contribution < 1.29 is 9.18 Å². The molecule has 2 aromatic carbocycles. The second-order valence-corrected chi connectivity index (χ2v) is 8.75. The van der Waals surface area contributed by atoms with Gasteiger partial charge < -0.3 is 15.1 Å². The fraction of sp³-hybridized carbons (Fsp3) is 0.304. The Balaban J connectivity index is 1.44. The number of carbonyl (C=O) groups excluding carboxylic acids is 1. The zero-order chi connectivity index (χ0) is 21.8. The third kappa shape index (κ3) is 5.42. The molecule has 31 heavy (non-hydrogen) atoms. The summed E-state index contributed by atoms with van der Waals surface area (Å²) in [6.45, 7) is 7.03. The van der Waals surface area contributed by atoms with Crippen LogP contribution in [0.15, 0.2) is 47.8 Å². The molecular weight excluding hydrogens is 435 g/mol. The number of nitrogens with zero attached hydrogens (tertiary/aromatic N) is 3. The second-order valence-electron chi connectivity index (χ2n) is 7.46. The molecule has 0 aliphatic carbocycles. The minimum absolute atomic E-state index is 0.147. The molecule has 5 nitrogen and oxygen atoms in total. The number of nitrogens with one attached hydrogen (secondary N) is 1. The first kappa shape index (κ1) is 21.7. The summed E-state index contributed by atoms with van der Waals surface area (Å²) in [4.78, 5) is 22.0. The molecule has 1 amide bonds. The third-order valence-corrected chi connectivity index (χ3v) is 6.55. The van der Waals surface area contributed by atoms with Gasteiger partial charge in [-0.3, -0.25) is 4.79 Å². The maximum absolute atomic E-state index is 13.1. The highest BCUT2D eigenvalue weighted by molar-refractivity contribution is 7.13. The molecule has 0 spiro atoms. The van der Waals surface area contributed by atoms with Crippen LogP contribution in [0, 0.1) is 5.82 Å². The van der Waals surface area contributed by atoms with E-state index < -0.39 is 0 Å². The maximum Gasteiger partial charge on any atom is 0.230 e. The Morgan fingerprint density at radius 1 is 1.16 bits per heavy atom. The van der Waals surface area contributed by atoms with Gasteiger partial charge in [0.2, 0.25) is 5.91 Å². The summed E-state index contributed by atoms with van der Waals surface area (Å²) in [5.74, 6) is -0.431. The Morgan fingerprint density at radius 2 is 1.90 bits per heavy atom. The van der Waals surface area contributed by atoms with Gasteiger partial charge >= 0.3 is 0 Å². The molecule has 4 rings (SSSR count). The molecule has 8 heteroatoms. The number of hydrogen-bond acceptors (Lipinski definition) is 5. The highest BCUT2D eigenvalue weighted by atomic mass is 35.5. The molecule has 0 bridgehead atoms. The fourth-order valence-electron chi connectivity index (χ4n) is 3.66. The first-order chi connectivity index (χ1) is 15.0. The molecule has 0 saturated carbocycles. The van der Waals surface area contributed by atoms with E-state index in [0.29, 0.717) is 10.7 Å². The van der Waals surface area contributed by atoms with Crippen molar-refractivity contribution >= 4 is 40.2 Å². The number of halogens is 2. The summed E-state index contributed by atoms with van der Waals surface area (Å²) >= 11 is 7.65. The molecule has 1 saturated heterocycles. The van der Waals surface area contributed by atoms with E-state index in [1.165, 1.54) is 23.5 Å². The highest BCUT2D eigenvalue weighted by Gasteiger charge is 2.20. The van der Waals surface area contributed by atoms with Crippen molar-refractivity contribution in [3.63, 3.8) is 0 Å². The van der Waals surface area contributed by atoms with Crippen LogP contribution in [0.4, 0.5) is 15.8 Å². The SMILES string of the molecule is CCN1CCN(c2ccc(Cl)cc2NC(=O)Cc2csc(-c3ccc(F)cc3)n2)CC1. The van der Waals surface area contributed by atoms with Gasteiger partial charge in [0.25, 0.3) is 0 Å². The van der Waals surface area contributed by atoms with E-state index in [0.717, 1.165) is 54.7 Å².